The number of nitrogens with two attached hydrogens (primary N) is 1. The van der Waals surface area contributed by atoms with E-state index in [9.17, 15) is 4.79 Å². The van der Waals surface area contributed by atoms with Crippen molar-refractivity contribution in [1.29, 1.82) is 0 Å². The standard InChI is InChI=1S/C3H6NOSe.CH2NOSe.Na.H/c1-4(2)3(5)6;2-1(3)4;;/h1-2H3;(H2,2,3);;/q;;+1;-1. The Morgan fingerprint density at radius 3 is 1.45 bits per heavy atom. The van der Waals surface area contributed by atoms with E-state index in [1.807, 2.05) is 16.0 Å². The van der Waals surface area contributed by atoms with Crippen LogP contribution in [0.1, 0.15) is 1.43 Å². The molecule has 0 aliphatic carbocycles. The van der Waals surface area contributed by atoms with Gasteiger partial charge in [0.2, 0.25) is 0 Å². The van der Waals surface area contributed by atoms with Gasteiger partial charge in [-0.1, -0.05) is 0 Å². The van der Waals surface area contributed by atoms with E-state index in [1.54, 1.807) is 14.1 Å². The SMILES string of the molecule is CN(C)C(=O)[Se].NC(=O)[Se].[H-].[Na+]. The van der Waals surface area contributed by atoms with Gasteiger partial charge in [-0.25, -0.2) is 0 Å². The third-order valence-electron chi connectivity index (χ3n) is 0.365. The van der Waals surface area contributed by atoms with Crippen LogP contribution in [0.4, 0.5) is 9.59 Å². The maximum absolute atomic E-state index is 10.0. The molecule has 0 spiro atoms. The monoisotopic (exact) mass is 300 g/mol. The summed E-state index contributed by atoms with van der Waals surface area (Å²) in [6.45, 7) is 0. The van der Waals surface area contributed by atoms with Crippen molar-refractivity contribution in [2.24, 2.45) is 5.73 Å². The minimum absolute atomic E-state index is 0. The van der Waals surface area contributed by atoms with Gasteiger partial charge in [-0.05, 0) is 0 Å². The number of hydrogen-bond acceptors (Lipinski definition) is 2. The minimum atomic E-state index is -0.458. The van der Waals surface area contributed by atoms with E-state index in [1.165, 1.54) is 4.90 Å². The molecular formula is C4H9N2NaO2Se2. The van der Waals surface area contributed by atoms with Crippen LogP contribution in [0.25, 0.3) is 0 Å². The Labute approximate surface area is 106 Å². The number of hydrogen-bond donors (Lipinski definition) is 1. The van der Waals surface area contributed by atoms with Gasteiger partial charge in [0.25, 0.3) is 0 Å². The first-order valence-electron chi connectivity index (χ1n) is 2.22. The Morgan fingerprint density at radius 2 is 1.45 bits per heavy atom. The van der Waals surface area contributed by atoms with Gasteiger partial charge in [0.15, 0.2) is 0 Å². The summed E-state index contributed by atoms with van der Waals surface area (Å²) in [5.41, 5.74) is 4.42. The average molecular weight is 298 g/mol. The van der Waals surface area contributed by atoms with Crippen LogP contribution in [-0.4, -0.2) is 60.6 Å². The second-order valence-electron chi connectivity index (χ2n) is 1.48. The number of carbonyl (C=O) groups is 2. The van der Waals surface area contributed by atoms with E-state index < -0.39 is 4.81 Å². The predicted octanol–water partition coefficient (Wildman–Crippen LogP) is -3.81. The largest absolute Gasteiger partial charge is 1.00 e. The van der Waals surface area contributed by atoms with Crippen molar-refractivity contribution in [3.63, 3.8) is 0 Å². The number of nitrogens with zero attached hydrogens (tertiary/aromatic N) is 1. The maximum atomic E-state index is 10.0. The number of rotatable bonds is 0. The van der Waals surface area contributed by atoms with Crippen molar-refractivity contribution in [2.75, 3.05) is 14.1 Å². The van der Waals surface area contributed by atoms with Gasteiger partial charge in [0, 0.05) is 0 Å². The van der Waals surface area contributed by atoms with Crippen molar-refractivity contribution >= 4 is 41.6 Å². The molecule has 0 heterocycles. The molecule has 0 aliphatic rings. The molecule has 0 aliphatic heterocycles. The van der Waals surface area contributed by atoms with Crippen LogP contribution in [0.3, 0.4) is 0 Å². The number of carbonyl (C=O) groups excluding carboxylic acids is 2. The van der Waals surface area contributed by atoms with Crippen LogP contribution in [0, 0.1) is 0 Å². The molecule has 0 unspecified atom stereocenters. The van der Waals surface area contributed by atoms with E-state index in [4.69, 9.17) is 4.79 Å². The molecule has 0 atom stereocenters. The molecule has 4 nitrogen and oxygen atoms in total. The molecule has 60 valence electrons. The van der Waals surface area contributed by atoms with Crippen LogP contribution in [0.5, 0.6) is 0 Å². The van der Waals surface area contributed by atoms with Gasteiger partial charge in [-0.3, -0.25) is 0 Å². The Balaban J connectivity index is -0.0000000483. The van der Waals surface area contributed by atoms with Crippen LogP contribution >= 0.6 is 0 Å². The van der Waals surface area contributed by atoms with Crippen molar-refractivity contribution < 1.29 is 40.6 Å². The summed E-state index contributed by atoms with van der Waals surface area (Å²) >= 11 is 4.37. The number of primary amides is 1. The molecule has 0 aromatic rings. The summed E-state index contributed by atoms with van der Waals surface area (Å²) in [6, 6.07) is 0. The zero-order valence-corrected chi connectivity index (χ0v) is 12.1. The molecule has 0 fully saturated rings. The first kappa shape index (κ1) is 17.9. The Kier molecular flexibility index (Phi) is 17.9. The second-order valence-corrected chi connectivity index (χ2v) is 3.06. The average Bonchev–Trinajstić information content (AvgIpc) is 1.63. The van der Waals surface area contributed by atoms with E-state index >= 15 is 0 Å². The molecule has 0 rings (SSSR count). The van der Waals surface area contributed by atoms with Crippen LogP contribution < -0.4 is 35.3 Å². The van der Waals surface area contributed by atoms with Crippen molar-refractivity contribution in [2.45, 2.75) is 0 Å². The maximum Gasteiger partial charge on any atom is 1.00 e. The fraction of sp³-hybridized carbons (Fsp3) is 0.500. The molecular weight excluding hydrogens is 289 g/mol. The molecule has 2 N–H and O–H groups in total. The van der Waals surface area contributed by atoms with E-state index in [2.05, 4.69) is 21.7 Å². The molecule has 0 bridgehead atoms. The third-order valence-corrected chi connectivity index (χ3v) is 1.13. The Hall–Kier alpha value is 0.979. The first-order chi connectivity index (χ1) is 4.37. The van der Waals surface area contributed by atoms with Gasteiger partial charge in [-0.15, -0.1) is 0 Å². The van der Waals surface area contributed by atoms with E-state index in [0.29, 0.717) is 0 Å². The minimum Gasteiger partial charge on any atom is -1.00 e. The summed E-state index contributed by atoms with van der Waals surface area (Å²) in [4.78, 5) is 20.2. The molecule has 2 radical (unpaired) electrons. The Bertz CT molecular complexity index is 132. The molecule has 0 saturated heterocycles. The van der Waals surface area contributed by atoms with Crippen LogP contribution in [-0.2, 0) is 0 Å². The van der Waals surface area contributed by atoms with Gasteiger partial charge < -0.3 is 1.43 Å². The van der Waals surface area contributed by atoms with Crippen molar-refractivity contribution in [3.8, 4) is 0 Å². The quantitative estimate of drug-likeness (QED) is 0.466. The third kappa shape index (κ3) is 35.7. The molecule has 11 heavy (non-hydrogen) atoms. The molecule has 7 heteroatoms. The summed E-state index contributed by atoms with van der Waals surface area (Å²) in [5, 5.41) is 0. The molecule has 0 saturated carbocycles. The summed E-state index contributed by atoms with van der Waals surface area (Å²) in [5.74, 6) is 0. The second kappa shape index (κ2) is 11.0. The zero-order chi connectivity index (χ0) is 8.73. The zero-order valence-electron chi connectivity index (χ0n) is 7.66. The smallest absolute Gasteiger partial charge is 1.00 e. The first-order valence-corrected chi connectivity index (χ1v) is 3.94. The Morgan fingerprint density at radius 1 is 1.36 bits per heavy atom. The predicted molar refractivity (Wildman–Crippen MR) is 41.3 cm³/mol. The molecule has 0 aromatic carbocycles. The normalized spacial score (nSPS) is 6.36. The van der Waals surface area contributed by atoms with Crippen LogP contribution in [0.2, 0.25) is 0 Å². The van der Waals surface area contributed by atoms with Crippen molar-refractivity contribution in [3.05, 3.63) is 0 Å². The summed E-state index contributed by atoms with van der Waals surface area (Å²) in [6.07, 6.45) is 0. The van der Waals surface area contributed by atoms with E-state index in [-0.39, 0.29) is 35.8 Å². The fourth-order valence-corrected chi connectivity index (χ4v) is 0. The molecule has 0 aromatic heterocycles. The van der Waals surface area contributed by atoms with Crippen LogP contribution in [0.15, 0.2) is 0 Å². The van der Waals surface area contributed by atoms with Gasteiger partial charge in [-0.2, -0.15) is 0 Å². The fourth-order valence-electron chi connectivity index (χ4n) is 0. The number of amides is 2. The van der Waals surface area contributed by atoms with Gasteiger partial charge >= 0.3 is 106 Å². The van der Waals surface area contributed by atoms with Crippen molar-refractivity contribution in [1.82, 2.24) is 4.90 Å². The summed E-state index contributed by atoms with van der Waals surface area (Å²) < 4.78 is 0. The van der Waals surface area contributed by atoms with Gasteiger partial charge in [0.05, 0.1) is 0 Å². The summed E-state index contributed by atoms with van der Waals surface area (Å²) in [7, 11) is 3.39. The molecule has 2 amide bonds. The van der Waals surface area contributed by atoms with E-state index in [0.717, 1.165) is 0 Å². The topological polar surface area (TPSA) is 63.4 Å². The van der Waals surface area contributed by atoms with Gasteiger partial charge in [0.1, 0.15) is 0 Å².